The zero-order chi connectivity index (χ0) is 30.1. The first kappa shape index (κ1) is 35.9. The van der Waals surface area contributed by atoms with Gasteiger partial charge < -0.3 is 19.3 Å². The third-order valence-corrected chi connectivity index (χ3v) is 7.09. The third kappa shape index (κ3) is 10.4. The van der Waals surface area contributed by atoms with Gasteiger partial charge in [0.2, 0.25) is 11.8 Å². The molecule has 0 aliphatic carbocycles. The van der Waals surface area contributed by atoms with Crippen LogP contribution in [0.1, 0.15) is 63.3 Å². The van der Waals surface area contributed by atoms with Crippen molar-refractivity contribution in [3.8, 4) is 0 Å². The molecular weight excluding hydrogens is 547 g/mol. The summed E-state index contributed by atoms with van der Waals surface area (Å²) in [5, 5.41) is 0. The minimum atomic E-state index is -0.0878. The van der Waals surface area contributed by atoms with E-state index in [1.54, 1.807) is 16.9 Å². The third-order valence-electron chi connectivity index (χ3n) is 6.63. The smallest absolute Gasteiger partial charge is 0.242 e. The van der Waals surface area contributed by atoms with Crippen LogP contribution < -0.4 is 9.80 Å². The van der Waals surface area contributed by atoms with E-state index in [0.29, 0.717) is 19.8 Å². The van der Waals surface area contributed by atoms with E-state index in [1.807, 2.05) is 26.0 Å². The molecule has 0 aromatic heterocycles. The van der Waals surface area contributed by atoms with E-state index in [4.69, 9.17) is 32.7 Å². The molecule has 1 atom stereocenters. The van der Waals surface area contributed by atoms with Crippen LogP contribution in [0.15, 0.2) is 36.4 Å². The highest BCUT2D eigenvalue weighted by Gasteiger charge is 2.24. The maximum atomic E-state index is 12.3. The molecule has 1 unspecified atom stereocenters. The number of aryl methyl sites for hydroxylation is 4. The Balaban J connectivity index is 0.000000402. The first-order valence-electron chi connectivity index (χ1n) is 14.3. The van der Waals surface area contributed by atoms with Gasteiger partial charge in [0.05, 0.1) is 30.6 Å². The summed E-state index contributed by atoms with van der Waals surface area (Å²) >= 11 is 11.6. The maximum absolute atomic E-state index is 12.3. The fourth-order valence-corrected chi connectivity index (χ4v) is 4.99. The van der Waals surface area contributed by atoms with Crippen LogP contribution >= 0.6 is 23.2 Å². The van der Waals surface area contributed by atoms with Gasteiger partial charge in [-0.1, -0.05) is 64.1 Å². The summed E-state index contributed by atoms with van der Waals surface area (Å²) in [5.41, 5.74) is 6.60. The van der Waals surface area contributed by atoms with Crippen molar-refractivity contribution in [1.29, 1.82) is 0 Å². The highest BCUT2D eigenvalue weighted by atomic mass is 35.5. The molecule has 2 aromatic carbocycles. The van der Waals surface area contributed by atoms with Gasteiger partial charge in [0, 0.05) is 20.3 Å². The maximum Gasteiger partial charge on any atom is 0.242 e. The lowest BCUT2D eigenvalue weighted by atomic mass is 10.0. The second kappa shape index (κ2) is 19.9. The SMILES string of the molecule is CCCOCCN(C(=O)CCl)c1c(CC)cccc1CC.CCc1cccc(C)c1N(C(=O)CCl)C(C)COC. The Kier molecular flexibility index (Phi) is 17.8. The lowest BCUT2D eigenvalue weighted by molar-refractivity contribution is -0.117. The van der Waals surface area contributed by atoms with Gasteiger partial charge in [0.25, 0.3) is 0 Å². The number of halogens is 2. The quantitative estimate of drug-likeness (QED) is 0.165. The minimum absolute atomic E-state index is 0.00498. The Hall–Kier alpha value is -2.12. The van der Waals surface area contributed by atoms with Gasteiger partial charge in [-0.2, -0.15) is 0 Å². The number of anilines is 2. The van der Waals surface area contributed by atoms with Crippen LogP contribution in [0.5, 0.6) is 0 Å². The average Bonchev–Trinajstić information content (AvgIpc) is 2.97. The molecule has 0 bridgehead atoms. The Labute approximate surface area is 251 Å². The molecule has 0 spiro atoms. The van der Waals surface area contributed by atoms with Crippen LogP contribution in [0.3, 0.4) is 0 Å². The average molecular weight is 596 g/mol. The van der Waals surface area contributed by atoms with Crippen molar-refractivity contribution in [1.82, 2.24) is 0 Å². The van der Waals surface area contributed by atoms with Crippen molar-refractivity contribution in [2.75, 3.05) is 55.0 Å². The largest absolute Gasteiger partial charge is 0.383 e. The van der Waals surface area contributed by atoms with Crippen LogP contribution in [-0.4, -0.2) is 63.1 Å². The van der Waals surface area contributed by atoms with Crippen LogP contribution in [-0.2, 0) is 38.3 Å². The van der Waals surface area contributed by atoms with Crippen molar-refractivity contribution in [2.24, 2.45) is 0 Å². The number of benzene rings is 2. The Morgan fingerprint density at radius 2 is 1.35 bits per heavy atom. The topological polar surface area (TPSA) is 59.1 Å². The number of amides is 2. The van der Waals surface area contributed by atoms with Gasteiger partial charge in [0.1, 0.15) is 11.8 Å². The number of carbonyl (C=O) groups excluding carboxylic acids is 2. The van der Waals surface area contributed by atoms with Gasteiger partial charge >= 0.3 is 0 Å². The normalized spacial score (nSPS) is 11.4. The zero-order valence-electron chi connectivity index (χ0n) is 25.4. The van der Waals surface area contributed by atoms with Crippen molar-refractivity contribution in [3.63, 3.8) is 0 Å². The van der Waals surface area contributed by atoms with E-state index < -0.39 is 0 Å². The molecule has 6 nitrogen and oxygen atoms in total. The lowest BCUT2D eigenvalue weighted by Crippen LogP contribution is -2.43. The summed E-state index contributed by atoms with van der Waals surface area (Å²) in [6.45, 7) is 14.7. The van der Waals surface area contributed by atoms with Crippen LogP contribution in [0.25, 0.3) is 0 Å². The Bertz CT molecular complexity index is 1030. The lowest BCUT2D eigenvalue weighted by Gasteiger charge is -2.31. The molecule has 0 N–H and O–H groups in total. The van der Waals surface area contributed by atoms with Crippen molar-refractivity contribution in [3.05, 3.63) is 58.7 Å². The summed E-state index contributed by atoms with van der Waals surface area (Å²) in [4.78, 5) is 28.0. The van der Waals surface area contributed by atoms with Crippen molar-refractivity contribution in [2.45, 2.75) is 73.3 Å². The molecule has 2 aromatic rings. The van der Waals surface area contributed by atoms with Crippen LogP contribution in [0.4, 0.5) is 11.4 Å². The molecule has 0 fully saturated rings. The number of hydrogen-bond donors (Lipinski definition) is 0. The summed E-state index contributed by atoms with van der Waals surface area (Å²) in [5.74, 6) is -0.178. The summed E-state index contributed by atoms with van der Waals surface area (Å²) < 4.78 is 10.7. The van der Waals surface area contributed by atoms with Gasteiger partial charge in [0.15, 0.2) is 0 Å². The van der Waals surface area contributed by atoms with Crippen LogP contribution in [0, 0.1) is 6.92 Å². The number of ether oxygens (including phenoxy) is 2. The summed E-state index contributed by atoms with van der Waals surface area (Å²) in [6, 6.07) is 12.3. The molecule has 8 heteroatoms. The Morgan fingerprint density at radius 3 is 1.82 bits per heavy atom. The molecule has 0 aliphatic heterocycles. The molecule has 224 valence electrons. The second-order valence-electron chi connectivity index (χ2n) is 9.56. The zero-order valence-corrected chi connectivity index (χ0v) is 26.9. The first-order valence-corrected chi connectivity index (χ1v) is 15.3. The number of alkyl halides is 2. The van der Waals surface area contributed by atoms with Crippen LogP contribution in [0.2, 0.25) is 0 Å². The first-order chi connectivity index (χ1) is 19.2. The van der Waals surface area contributed by atoms with E-state index in [1.165, 1.54) is 11.1 Å². The molecule has 0 saturated heterocycles. The number of hydrogen-bond acceptors (Lipinski definition) is 4. The highest BCUT2D eigenvalue weighted by molar-refractivity contribution is 6.30. The number of rotatable bonds is 15. The standard InChI is InChI=1S/C17H26ClNO2.C15H22ClNO2/c1-4-11-21-12-10-19(16(20)13-18)17-14(5-2)8-7-9-15(17)6-3;1-5-13-8-6-7-11(2)15(13)17(14(18)9-16)12(3)10-19-4/h7-9H,4-6,10-13H2,1-3H3;6-8,12H,5,9-10H2,1-4H3. The molecule has 0 radical (unpaired) electrons. The molecule has 2 rings (SSSR count). The molecular formula is C32H48Cl2N2O4. The van der Waals surface area contributed by atoms with Gasteiger partial charge in [-0.3, -0.25) is 9.59 Å². The fraction of sp³-hybridized carbons (Fsp3) is 0.562. The summed E-state index contributed by atoms with van der Waals surface area (Å²) in [6.07, 6.45) is 3.65. The highest BCUT2D eigenvalue weighted by Crippen LogP contribution is 2.29. The van der Waals surface area contributed by atoms with E-state index in [-0.39, 0.29) is 29.6 Å². The summed E-state index contributed by atoms with van der Waals surface area (Å²) in [7, 11) is 1.64. The number of nitrogens with zero attached hydrogens (tertiary/aromatic N) is 2. The van der Waals surface area contributed by atoms with Gasteiger partial charge in [-0.25, -0.2) is 0 Å². The van der Waals surface area contributed by atoms with E-state index in [0.717, 1.165) is 54.8 Å². The van der Waals surface area contributed by atoms with Crippen molar-refractivity contribution >= 4 is 46.4 Å². The number of para-hydroxylation sites is 2. The Morgan fingerprint density at radius 1 is 0.825 bits per heavy atom. The minimum Gasteiger partial charge on any atom is -0.383 e. The van der Waals surface area contributed by atoms with Gasteiger partial charge in [-0.15, -0.1) is 23.2 Å². The molecule has 2 amide bonds. The van der Waals surface area contributed by atoms with E-state index >= 15 is 0 Å². The fourth-order valence-electron chi connectivity index (χ4n) is 4.72. The monoisotopic (exact) mass is 594 g/mol. The van der Waals surface area contributed by atoms with E-state index in [9.17, 15) is 9.59 Å². The predicted molar refractivity (Wildman–Crippen MR) is 169 cm³/mol. The number of carbonyl (C=O) groups is 2. The number of methoxy groups -OCH3 is 1. The van der Waals surface area contributed by atoms with Gasteiger partial charge in [-0.05, 0) is 61.8 Å². The predicted octanol–water partition coefficient (Wildman–Crippen LogP) is 6.97. The second-order valence-corrected chi connectivity index (χ2v) is 10.1. The van der Waals surface area contributed by atoms with E-state index in [2.05, 4.69) is 52.0 Å². The van der Waals surface area contributed by atoms with Crippen molar-refractivity contribution < 1.29 is 19.1 Å². The molecule has 0 saturated carbocycles. The molecule has 0 heterocycles. The molecule has 40 heavy (non-hydrogen) atoms. The molecule has 0 aliphatic rings.